The van der Waals surface area contributed by atoms with E-state index in [1.54, 1.807) is 40.6 Å². The minimum Gasteiger partial charge on any atom is -0.318 e. The van der Waals surface area contributed by atoms with E-state index in [2.05, 4.69) is 10.5 Å². The first-order chi connectivity index (χ1) is 15.6. The Bertz CT molecular complexity index is 1200. The number of rotatable bonds is 5. The lowest BCUT2D eigenvalue weighted by Crippen LogP contribution is -2.26. The van der Waals surface area contributed by atoms with Gasteiger partial charge in [-0.2, -0.15) is 5.10 Å². The summed E-state index contributed by atoms with van der Waals surface area (Å²) in [6.45, 7) is 0.592. The first-order valence-electron chi connectivity index (χ1n) is 10.2. The molecule has 3 heterocycles. The van der Waals surface area contributed by atoms with Gasteiger partial charge in [0.15, 0.2) is 0 Å². The fraction of sp³-hybridized carbons (Fsp3) is 0.273. The zero-order chi connectivity index (χ0) is 22.1. The molecular formula is C22H20ClN5O2S2. The number of halogens is 1. The molecule has 10 heteroatoms. The summed E-state index contributed by atoms with van der Waals surface area (Å²) in [5.74, 6) is 2.45. The maximum atomic E-state index is 12.8. The van der Waals surface area contributed by atoms with E-state index in [4.69, 9.17) is 16.6 Å². The van der Waals surface area contributed by atoms with Crippen molar-refractivity contribution >= 4 is 68.0 Å². The lowest BCUT2D eigenvalue weighted by atomic mass is 10.1. The number of hydrogen-bond acceptors (Lipinski definition) is 6. The molecule has 0 aliphatic carbocycles. The fourth-order valence-corrected chi connectivity index (χ4v) is 6.17. The summed E-state index contributed by atoms with van der Waals surface area (Å²) in [7, 11) is 0. The maximum Gasteiger partial charge on any atom is 0.260 e. The van der Waals surface area contributed by atoms with Gasteiger partial charge in [0.25, 0.3) is 5.91 Å². The van der Waals surface area contributed by atoms with Crippen molar-refractivity contribution in [3.05, 3.63) is 59.4 Å². The van der Waals surface area contributed by atoms with Crippen LogP contribution in [0.1, 0.15) is 18.2 Å². The number of nitrogens with zero attached hydrogens (tertiary/aromatic N) is 4. The molecule has 164 valence electrons. The van der Waals surface area contributed by atoms with Crippen LogP contribution in [-0.4, -0.2) is 43.8 Å². The van der Waals surface area contributed by atoms with Gasteiger partial charge in [-0.3, -0.25) is 9.59 Å². The standard InChI is InChI=1S/C22H20ClN5O2S2/c23-15-5-7-16(8-6-15)27-12-14(11-20(27)30)21-24-17-3-1-2-4-18(17)28(21)13-19(29)25-26-22-31-9-10-32-22/h1-8,14H,9-13H2,(H,25,29). The number of aromatic nitrogens is 2. The van der Waals surface area contributed by atoms with E-state index in [9.17, 15) is 9.59 Å². The number of fused-ring (bicyclic) bond motifs is 1. The Morgan fingerprint density at radius 1 is 1.16 bits per heavy atom. The molecule has 0 spiro atoms. The van der Waals surface area contributed by atoms with Crippen molar-refractivity contribution < 1.29 is 9.59 Å². The average Bonchev–Trinajstić information content (AvgIpc) is 3.52. The van der Waals surface area contributed by atoms with Crippen molar-refractivity contribution in [2.45, 2.75) is 18.9 Å². The minimum atomic E-state index is -0.214. The first kappa shape index (κ1) is 21.4. The Balaban J connectivity index is 1.41. The Morgan fingerprint density at radius 3 is 2.69 bits per heavy atom. The SMILES string of the molecule is O=C(Cn1c(C2CC(=O)N(c3ccc(Cl)cc3)C2)nc2ccccc21)NN=C1SCCS1. The number of hydrogen-bond donors (Lipinski definition) is 1. The minimum absolute atomic E-state index is 0.0297. The van der Waals surface area contributed by atoms with Gasteiger partial charge in [0, 0.05) is 41.1 Å². The van der Waals surface area contributed by atoms with Gasteiger partial charge < -0.3 is 9.47 Å². The fourth-order valence-electron chi connectivity index (χ4n) is 3.97. The van der Waals surface area contributed by atoms with E-state index >= 15 is 0 Å². The van der Waals surface area contributed by atoms with Crippen molar-refractivity contribution in [3.8, 4) is 0 Å². The van der Waals surface area contributed by atoms with Crippen LogP contribution in [0.2, 0.25) is 5.02 Å². The Morgan fingerprint density at radius 2 is 1.91 bits per heavy atom. The second-order valence-electron chi connectivity index (χ2n) is 7.54. The molecule has 1 N–H and O–H groups in total. The lowest BCUT2D eigenvalue weighted by Gasteiger charge is -2.17. The van der Waals surface area contributed by atoms with E-state index in [0.29, 0.717) is 18.0 Å². The quantitative estimate of drug-likeness (QED) is 0.551. The van der Waals surface area contributed by atoms with Gasteiger partial charge in [-0.25, -0.2) is 10.4 Å². The number of imidazole rings is 1. The summed E-state index contributed by atoms with van der Waals surface area (Å²) < 4.78 is 2.79. The molecule has 1 unspecified atom stereocenters. The number of anilines is 1. The van der Waals surface area contributed by atoms with E-state index < -0.39 is 0 Å². The highest BCUT2D eigenvalue weighted by atomic mass is 35.5. The Kier molecular flexibility index (Phi) is 6.12. The van der Waals surface area contributed by atoms with Gasteiger partial charge in [0.1, 0.15) is 16.7 Å². The summed E-state index contributed by atoms with van der Waals surface area (Å²) in [5, 5.41) is 4.85. The third-order valence-corrected chi connectivity index (χ3v) is 8.13. The van der Waals surface area contributed by atoms with Gasteiger partial charge >= 0.3 is 0 Å². The van der Waals surface area contributed by atoms with Crippen LogP contribution in [-0.2, 0) is 16.1 Å². The average molecular weight is 486 g/mol. The summed E-state index contributed by atoms with van der Waals surface area (Å²) in [6.07, 6.45) is 0.336. The number of thioether (sulfide) groups is 2. The topological polar surface area (TPSA) is 79.6 Å². The number of nitrogens with one attached hydrogen (secondary N) is 1. The van der Waals surface area contributed by atoms with E-state index in [-0.39, 0.29) is 24.3 Å². The van der Waals surface area contributed by atoms with Gasteiger partial charge in [0.05, 0.1) is 11.0 Å². The molecule has 2 aromatic carbocycles. The van der Waals surface area contributed by atoms with Crippen LogP contribution in [0.4, 0.5) is 5.69 Å². The normalized spacial score (nSPS) is 18.5. The Labute approximate surface area is 198 Å². The molecule has 2 aliphatic rings. The predicted molar refractivity (Wildman–Crippen MR) is 131 cm³/mol. The van der Waals surface area contributed by atoms with E-state index in [1.165, 1.54) is 0 Å². The van der Waals surface area contributed by atoms with Crippen LogP contribution < -0.4 is 10.3 Å². The highest BCUT2D eigenvalue weighted by molar-refractivity contribution is 8.41. The lowest BCUT2D eigenvalue weighted by molar-refractivity contribution is -0.121. The van der Waals surface area contributed by atoms with Gasteiger partial charge in [-0.05, 0) is 36.4 Å². The van der Waals surface area contributed by atoms with Crippen molar-refractivity contribution in [2.75, 3.05) is 23.0 Å². The molecule has 5 rings (SSSR count). The molecule has 3 aromatic rings. The summed E-state index contributed by atoms with van der Waals surface area (Å²) in [6, 6.07) is 15.0. The molecule has 32 heavy (non-hydrogen) atoms. The second-order valence-corrected chi connectivity index (χ2v) is 10.4. The zero-order valence-electron chi connectivity index (χ0n) is 17.0. The van der Waals surface area contributed by atoms with Crippen LogP contribution in [0.3, 0.4) is 0 Å². The molecule has 0 saturated carbocycles. The summed E-state index contributed by atoms with van der Waals surface area (Å²) in [4.78, 5) is 32.0. The third kappa shape index (κ3) is 4.37. The molecule has 7 nitrogen and oxygen atoms in total. The first-order valence-corrected chi connectivity index (χ1v) is 12.6. The molecule has 2 saturated heterocycles. The van der Waals surface area contributed by atoms with Crippen molar-refractivity contribution in [1.29, 1.82) is 0 Å². The summed E-state index contributed by atoms with van der Waals surface area (Å²) >= 11 is 9.29. The summed E-state index contributed by atoms with van der Waals surface area (Å²) in [5.41, 5.74) is 5.15. The molecule has 1 aromatic heterocycles. The molecule has 2 amide bonds. The van der Waals surface area contributed by atoms with Crippen LogP contribution in [0.25, 0.3) is 11.0 Å². The zero-order valence-corrected chi connectivity index (χ0v) is 19.4. The predicted octanol–water partition coefficient (Wildman–Crippen LogP) is 4.08. The maximum absolute atomic E-state index is 12.8. The van der Waals surface area contributed by atoms with Gasteiger partial charge in [-0.1, -0.05) is 47.3 Å². The number of carbonyl (C=O) groups excluding carboxylic acids is 2. The number of carbonyl (C=O) groups is 2. The third-order valence-electron chi connectivity index (χ3n) is 5.42. The van der Waals surface area contributed by atoms with Crippen LogP contribution in [0.5, 0.6) is 0 Å². The van der Waals surface area contributed by atoms with Crippen LogP contribution in [0, 0.1) is 0 Å². The highest BCUT2D eigenvalue weighted by Gasteiger charge is 2.35. The molecule has 2 aliphatic heterocycles. The molecular weight excluding hydrogens is 466 g/mol. The molecule has 1 atom stereocenters. The monoisotopic (exact) mass is 485 g/mol. The number of para-hydroxylation sites is 2. The highest BCUT2D eigenvalue weighted by Crippen LogP contribution is 2.33. The van der Waals surface area contributed by atoms with E-state index in [1.807, 2.05) is 41.0 Å². The number of hydrazone groups is 1. The van der Waals surface area contributed by atoms with Crippen LogP contribution >= 0.6 is 35.1 Å². The largest absolute Gasteiger partial charge is 0.318 e. The van der Waals surface area contributed by atoms with Crippen LogP contribution in [0.15, 0.2) is 53.6 Å². The van der Waals surface area contributed by atoms with E-state index in [0.717, 1.165) is 38.4 Å². The Hall–Kier alpha value is -2.49. The molecule has 2 fully saturated rings. The van der Waals surface area contributed by atoms with Crippen molar-refractivity contribution in [3.63, 3.8) is 0 Å². The number of amides is 2. The van der Waals surface area contributed by atoms with Gasteiger partial charge in [0.2, 0.25) is 5.91 Å². The van der Waals surface area contributed by atoms with Gasteiger partial charge in [-0.15, -0.1) is 0 Å². The molecule has 0 bridgehead atoms. The number of benzene rings is 2. The van der Waals surface area contributed by atoms with Crippen molar-refractivity contribution in [1.82, 2.24) is 15.0 Å². The molecule has 0 radical (unpaired) electrons. The second kappa shape index (κ2) is 9.17. The van der Waals surface area contributed by atoms with Crippen molar-refractivity contribution in [2.24, 2.45) is 5.10 Å². The smallest absolute Gasteiger partial charge is 0.260 e.